The van der Waals surface area contributed by atoms with Crippen LogP contribution in [-0.4, -0.2) is 0 Å². The van der Waals surface area contributed by atoms with Gasteiger partial charge in [-0.2, -0.15) is 0 Å². The van der Waals surface area contributed by atoms with Crippen LogP contribution in [0.4, 0.5) is 0 Å². The van der Waals surface area contributed by atoms with Crippen molar-refractivity contribution in [2.75, 3.05) is 0 Å². The third-order valence-corrected chi connectivity index (χ3v) is 10.7. The normalized spacial score (nSPS) is 13.4. The molecule has 0 radical (unpaired) electrons. The molecule has 0 bridgehead atoms. The van der Waals surface area contributed by atoms with Crippen LogP contribution < -0.4 is 0 Å². The van der Waals surface area contributed by atoms with Gasteiger partial charge in [-0.3, -0.25) is 0 Å². The van der Waals surface area contributed by atoms with Crippen molar-refractivity contribution in [3.8, 4) is 44.5 Å². The molecule has 0 saturated heterocycles. The minimum atomic E-state index is -0.400. The van der Waals surface area contributed by atoms with Crippen molar-refractivity contribution in [2.45, 2.75) is 0 Å². The fraction of sp³-hybridized carbons (Fsp3) is 0. The van der Waals surface area contributed by atoms with Gasteiger partial charge in [-0.05, 0) is 115 Å². The van der Waals surface area contributed by atoms with Gasteiger partial charge in [0.25, 0.3) is 0 Å². The molecule has 50 heavy (non-hydrogen) atoms. The molecule has 11 aromatic carbocycles. The van der Waals surface area contributed by atoms with Gasteiger partial charge in [-0.1, -0.05) is 176 Å². The summed E-state index contributed by atoms with van der Waals surface area (Å²) in [7, 11) is 0. The smallest absolute Gasteiger partial charge is 0.0622 e. The van der Waals surface area contributed by atoms with E-state index in [1.165, 1.54) is 59.2 Å². The zero-order valence-corrected chi connectivity index (χ0v) is 26.9. The zero-order valence-electron chi connectivity index (χ0n) is 31.9. The molecule has 0 nitrogen and oxygen atoms in total. The van der Waals surface area contributed by atoms with Gasteiger partial charge >= 0.3 is 0 Å². The maximum Gasteiger partial charge on any atom is 0.0629 e. The Hall–Kier alpha value is -6.50. The molecule has 0 unspecified atom stereocenters. The highest BCUT2D eigenvalue weighted by Crippen LogP contribution is 2.43. The van der Waals surface area contributed by atoms with Gasteiger partial charge in [0.2, 0.25) is 0 Å². The van der Waals surface area contributed by atoms with E-state index in [1.807, 2.05) is 12.1 Å². The van der Waals surface area contributed by atoms with E-state index in [-0.39, 0.29) is 29.7 Å². The summed E-state index contributed by atoms with van der Waals surface area (Å²) in [6.07, 6.45) is 0. The molecule has 11 aromatic rings. The number of rotatable bonds is 4. The van der Waals surface area contributed by atoms with Crippen LogP contribution in [0, 0.1) is 0 Å². The van der Waals surface area contributed by atoms with E-state index < -0.39 is 6.04 Å². The molecule has 0 saturated carbocycles. The lowest BCUT2D eigenvalue weighted by Gasteiger charge is -2.17. The van der Waals surface area contributed by atoms with Crippen LogP contribution in [0.5, 0.6) is 0 Å². The number of benzene rings is 11. The molecule has 230 valence electrons. The van der Waals surface area contributed by atoms with E-state index in [4.69, 9.17) is 6.85 Å². The first-order valence-electron chi connectivity index (χ1n) is 19.5. The highest BCUT2D eigenvalue weighted by atomic mass is 14.2. The average Bonchev–Trinajstić information content (AvgIpc) is 3.23. The quantitative estimate of drug-likeness (QED) is 0.169. The first kappa shape index (κ1) is 23.0. The van der Waals surface area contributed by atoms with E-state index in [0.29, 0.717) is 5.56 Å². The Morgan fingerprint density at radius 3 is 1.22 bits per heavy atom. The van der Waals surface area contributed by atoms with Crippen molar-refractivity contribution in [3.63, 3.8) is 0 Å². The Balaban J connectivity index is 1.12. The lowest BCUT2D eigenvalue weighted by atomic mass is 9.86. The average molecular weight is 636 g/mol. The first-order valence-corrected chi connectivity index (χ1v) is 17.0. The fourth-order valence-corrected chi connectivity index (χ4v) is 8.36. The molecule has 0 heterocycles. The minimum absolute atomic E-state index is 0.193. The van der Waals surface area contributed by atoms with Crippen molar-refractivity contribution in [1.29, 1.82) is 0 Å². The van der Waals surface area contributed by atoms with Crippen LogP contribution in [0.1, 0.15) is 6.85 Å². The highest BCUT2D eigenvalue weighted by molar-refractivity contribution is 6.26. The van der Waals surface area contributed by atoms with E-state index in [9.17, 15) is 0 Å². The van der Waals surface area contributed by atoms with E-state index in [2.05, 4.69) is 140 Å². The summed E-state index contributed by atoms with van der Waals surface area (Å²) in [5, 5.41) is 14.6. The van der Waals surface area contributed by atoms with Gasteiger partial charge in [0.1, 0.15) is 0 Å². The van der Waals surface area contributed by atoms with Gasteiger partial charge in [0, 0.05) is 0 Å². The van der Waals surface area contributed by atoms with Crippen LogP contribution in [0.3, 0.4) is 0 Å². The molecule has 0 N–H and O–H groups in total. The summed E-state index contributed by atoms with van der Waals surface area (Å²) in [4.78, 5) is 0. The Kier molecular flexibility index (Phi) is 4.82. The fourth-order valence-electron chi connectivity index (χ4n) is 8.36. The van der Waals surface area contributed by atoms with E-state index in [0.717, 1.165) is 38.8 Å². The Morgan fingerprint density at radius 1 is 0.280 bits per heavy atom. The van der Waals surface area contributed by atoms with Crippen LogP contribution in [0.15, 0.2) is 182 Å². The van der Waals surface area contributed by atoms with Gasteiger partial charge < -0.3 is 0 Å². The second kappa shape index (κ2) is 10.5. The highest BCUT2D eigenvalue weighted by Gasteiger charge is 2.16. The Labute approximate surface area is 297 Å². The topological polar surface area (TPSA) is 0 Å². The van der Waals surface area contributed by atoms with Crippen molar-refractivity contribution in [3.05, 3.63) is 182 Å². The SMILES string of the molecule is [2H]c1c([2H])c([2H])c(-c2ccc(-c3ccc4ccc5cccc6ccc3c4c56)cc2-c2ccc(-c3ccc4ccc5cccc6ccc3c4c56)cc2)c([2H])c1[2H]. The van der Waals surface area contributed by atoms with Gasteiger partial charge in [0.15, 0.2) is 0 Å². The zero-order chi connectivity index (χ0) is 37.1. The van der Waals surface area contributed by atoms with Crippen molar-refractivity contribution >= 4 is 64.6 Å². The van der Waals surface area contributed by atoms with Crippen LogP contribution in [0.25, 0.3) is 109 Å². The van der Waals surface area contributed by atoms with Crippen molar-refractivity contribution in [2.24, 2.45) is 0 Å². The van der Waals surface area contributed by atoms with E-state index >= 15 is 0 Å². The third-order valence-electron chi connectivity index (χ3n) is 10.7. The van der Waals surface area contributed by atoms with Crippen LogP contribution >= 0.6 is 0 Å². The van der Waals surface area contributed by atoms with Crippen LogP contribution in [-0.2, 0) is 0 Å². The molecule has 0 aliphatic heterocycles. The predicted molar refractivity (Wildman–Crippen MR) is 216 cm³/mol. The Morgan fingerprint density at radius 2 is 0.680 bits per heavy atom. The summed E-state index contributed by atoms with van der Waals surface area (Å²) in [6, 6.07) is 52.2. The molecule has 0 aromatic heterocycles. The van der Waals surface area contributed by atoms with Gasteiger partial charge in [-0.15, -0.1) is 0 Å². The summed E-state index contributed by atoms with van der Waals surface area (Å²) < 4.78 is 43.1. The first-order chi connectivity index (χ1) is 26.9. The van der Waals surface area contributed by atoms with Crippen molar-refractivity contribution < 1.29 is 6.85 Å². The number of hydrogen-bond acceptors (Lipinski definition) is 0. The lowest BCUT2D eigenvalue weighted by Crippen LogP contribution is -1.91. The molecule has 0 aliphatic carbocycles. The summed E-state index contributed by atoms with van der Waals surface area (Å²) in [5.41, 5.74) is 6.75. The molecule has 0 atom stereocenters. The maximum absolute atomic E-state index is 8.92. The molecule has 0 heteroatoms. The second-order valence-corrected chi connectivity index (χ2v) is 13.3. The van der Waals surface area contributed by atoms with Gasteiger partial charge in [-0.25, -0.2) is 0 Å². The second-order valence-electron chi connectivity index (χ2n) is 13.3. The predicted octanol–water partition coefficient (Wildman–Crippen LogP) is 14.1. The van der Waals surface area contributed by atoms with Crippen LogP contribution in [0.2, 0.25) is 0 Å². The van der Waals surface area contributed by atoms with E-state index in [1.54, 1.807) is 0 Å². The summed E-state index contributed by atoms with van der Waals surface area (Å²) >= 11 is 0. The molecule has 0 aliphatic rings. The summed E-state index contributed by atoms with van der Waals surface area (Å²) in [6.45, 7) is 0. The standard InChI is InChI=1S/C50H30/c1-2-6-31(7-3-1)42-27-24-40(43-26-21-39-19-17-35-9-5-11-37-23-29-45(43)50(39)48(35)37)30-46(42)33-14-12-32(13-15-33)41-25-20-38-18-16-34-8-4-10-36-22-28-44(41)49(38)47(34)36/h1-30H/i1D,2D,3D,6D,7D. The minimum Gasteiger partial charge on any atom is -0.0622 e. The molecule has 0 fully saturated rings. The monoisotopic (exact) mass is 635 g/mol. The third kappa shape index (κ3) is 4.00. The van der Waals surface area contributed by atoms with Crippen molar-refractivity contribution in [1.82, 2.24) is 0 Å². The Bertz CT molecular complexity index is 3300. The molecule has 0 amide bonds. The molecule has 11 rings (SSSR count). The molecular weight excluding hydrogens is 601 g/mol. The number of hydrogen-bond donors (Lipinski definition) is 0. The maximum atomic E-state index is 8.92. The lowest BCUT2D eigenvalue weighted by molar-refractivity contribution is 1.57. The van der Waals surface area contributed by atoms with Gasteiger partial charge in [0.05, 0.1) is 6.85 Å². The summed E-state index contributed by atoms with van der Waals surface area (Å²) in [5.74, 6) is 0. The largest absolute Gasteiger partial charge is 0.0629 e. The molecule has 0 spiro atoms. The molecular formula is C50H30.